The first-order chi connectivity index (χ1) is 15.6. The van der Waals surface area contributed by atoms with E-state index in [1.165, 1.54) is 0 Å². The zero-order chi connectivity index (χ0) is 24.2. The second-order valence-corrected chi connectivity index (χ2v) is 12.3. The topological polar surface area (TPSA) is 89.3 Å². The molecule has 0 saturated heterocycles. The zero-order valence-electron chi connectivity index (χ0n) is 18.3. The number of hydrogen-bond acceptors (Lipinski definition) is 7. The highest BCUT2D eigenvalue weighted by atomic mass is 127. The number of thiazole rings is 1. The third-order valence-electron chi connectivity index (χ3n) is 5.02. The maximum absolute atomic E-state index is 11.6. The smallest absolute Gasteiger partial charge is 0.209 e. The van der Waals surface area contributed by atoms with Crippen molar-refractivity contribution < 1.29 is 17.9 Å². The molecule has 0 aliphatic heterocycles. The number of nitriles is 1. The SMILES string of the molecule is CC(C)(c1ccc(OCc2csc(S(C)(=O)=O)n2)cc1)c1cc(Cl)c(OCCI)c(C#N)c1. The standard InChI is InChI=1S/C23H22ClIN2O4S2/c1-23(2,17-10-15(12-26)21(20(24)11-17)30-9-8-25)16-4-6-19(7-5-16)31-13-18-14-32-22(27-18)33(3,28)29/h4-7,10-11,14H,8-9,13H2,1-3H3. The van der Waals surface area contributed by atoms with E-state index < -0.39 is 15.3 Å². The van der Waals surface area contributed by atoms with E-state index in [9.17, 15) is 13.7 Å². The molecule has 0 radical (unpaired) electrons. The quantitative estimate of drug-likeness (QED) is 0.223. The van der Waals surface area contributed by atoms with Crippen molar-refractivity contribution in [3.05, 3.63) is 69.2 Å². The molecule has 0 fully saturated rings. The van der Waals surface area contributed by atoms with Crippen LogP contribution in [0.5, 0.6) is 11.5 Å². The number of hydrogen-bond donors (Lipinski definition) is 0. The Morgan fingerprint density at radius 1 is 1.18 bits per heavy atom. The molecule has 0 spiro atoms. The molecular formula is C23H22ClIN2O4S2. The molecule has 1 heterocycles. The van der Waals surface area contributed by atoms with E-state index >= 15 is 0 Å². The van der Waals surface area contributed by atoms with Gasteiger partial charge >= 0.3 is 0 Å². The Hall–Kier alpha value is -1.87. The Labute approximate surface area is 216 Å². The van der Waals surface area contributed by atoms with Crippen LogP contribution in [0.4, 0.5) is 0 Å². The highest BCUT2D eigenvalue weighted by Gasteiger charge is 2.26. The van der Waals surface area contributed by atoms with Crippen molar-refractivity contribution in [2.75, 3.05) is 17.3 Å². The summed E-state index contributed by atoms with van der Waals surface area (Å²) in [5.74, 6) is 1.06. The third-order valence-corrected chi connectivity index (χ3v) is 8.35. The number of benzene rings is 2. The third kappa shape index (κ3) is 6.18. The molecule has 6 nitrogen and oxygen atoms in total. The first kappa shape index (κ1) is 25.7. The lowest BCUT2D eigenvalue weighted by Crippen LogP contribution is -2.19. The summed E-state index contributed by atoms with van der Waals surface area (Å²) in [6.45, 7) is 4.77. The Balaban J connectivity index is 1.77. The van der Waals surface area contributed by atoms with E-state index in [1.807, 2.05) is 36.4 Å². The van der Waals surface area contributed by atoms with Crippen LogP contribution in [0, 0.1) is 11.3 Å². The van der Waals surface area contributed by atoms with E-state index in [4.69, 9.17) is 21.1 Å². The molecule has 0 saturated carbocycles. The molecule has 3 aromatic rings. The van der Waals surface area contributed by atoms with Gasteiger partial charge < -0.3 is 9.47 Å². The summed E-state index contributed by atoms with van der Waals surface area (Å²) in [6, 6.07) is 13.5. The van der Waals surface area contributed by atoms with Crippen molar-refractivity contribution in [1.29, 1.82) is 5.26 Å². The number of rotatable bonds is 9. The summed E-state index contributed by atoms with van der Waals surface area (Å²) in [5.41, 5.74) is 2.47. The summed E-state index contributed by atoms with van der Waals surface area (Å²) >= 11 is 9.74. The minimum absolute atomic E-state index is 0.0827. The largest absolute Gasteiger partial charge is 0.490 e. The summed E-state index contributed by atoms with van der Waals surface area (Å²) in [4.78, 5) is 4.10. The van der Waals surface area contributed by atoms with Gasteiger partial charge in [0.1, 0.15) is 18.4 Å². The molecule has 33 heavy (non-hydrogen) atoms. The summed E-state index contributed by atoms with van der Waals surface area (Å²) < 4.78 is 35.4. The fourth-order valence-corrected chi connectivity index (χ4v) is 5.29. The summed E-state index contributed by atoms with van der Waals surface area (Å²) in [5, 5.41) is 11.7. The van der Waals surface area contributed by atoms with Crippen molar-refractivity contribution in [2.45, 2.75) is 30.2 Å². The molecule has 2 aromatic carbocycles. The predicted octanol–water partition coefficient (Wildman–Crippen LogP) is 5.79. The molecular weight excluding hydrogens is 595 g/mol. The average Bonchev–Trinajstić information content (AvgIpc) is 3.26. The zero-order valence-corrected chi connectivity index (χ0v) is 22.8. The van der Waals surface area contributed by atoms with Crippen LogP contribution < -0.4 is 9.47 Å². The minimum Gasteiger partial charge on any atom is -0.490 e. The summed E-state index contributed by atoms with van der Waals surface area (Å²) in [6.07, 6.45) is 1.13. The molecule has 0 atom stereocenters. The van der Waals surface area contributed by atoms with Crippen molar-refractivity contribution >= 4 is 55.4 Å². The molecule has 3 rings (SSSR count). The lowest BCUT2D eigenvalue weighted by molar-refractivity contribution is 0.301. The van der Waals surface area contributed by atoms with Crippen LogP contribution in [0.25, 0.3) is 0 Å². The van der Waals surface area contributed by atoms with Crippen molar-refractivity contribution in [3.8, 4) is 17.6 Å². The van der Waals surface area contributed by atoms with Gasteiger partial charge in [0.15, 0.2) is 5.75 Å². The fourth-order valence-electron chi connectivity index (χ4n) is 3.14. The van der Waals surface area contributed by atoms with Gasteiger partial charge in [-0.15, -0.1) is 11.3 Å². The number of ether oxygens (including phenoxy) is 2. The van der Waals surface area contributed by atoms with Gasteiger partial charge in [0, 0.05) is 21.5 Å². The van der Waals surface area contributed by atoms with E-state index in [0.717, 1.165) is 33.1 Å². The Morgan fingerprint density at radius 3 is 2.45 bits per heavy atom. The molecule has 0 bridgehead atoms. The first-order valence-corrected chi connectivity index (χ1v) is 14.5. The Kier molecular flexibility index (Phi) is 8.26. The van der Waals surface area contributed by atoms with Gasteiger partial charge in [-0.05, 0) is 35.4 Å². The van der Waals surface area contributed by atoms with Crippen LogP contribution in [0.2, 0.25) is 5.02 Å². The number of halogens is 2. The van der Waals surface area contributed by atoms with E-state index in [2.05, 4.69) is 47.5 Å². The number of aromatic nitrogens is 1. The van der Waals surface area contributed by atoms with Crippen LogP contribution in [0.1, 0.15) is 36.2 Å². The summed E-state index contributed by atoms with van der Waals surface area (Å²) in [7, 11) is -3.31. The van der Waals surface area contributed by atoms with E-state index in [1.54, 1.807) is 5.38 Å². The van der Waals surface area contributed by atoms with Crippen LogP contribution in [-0.2, 0) is 21.9 Å². The predicted molar refractivity (Wildman–Crippen MR) is 139 cm³/mol. The lowest BCUT2D eigenvalue weighted by Gasteiger charge is -2.27. The Morgan fingerprint density at radius 2 is 1.88 bits per heavy atom. The molecule has 0 aliphatic carbocycles. The van der Waals surface area contributed by atoms with Crippen LogP contribution in [0.15, 0.2) is 46.1 Å². The van der Waals surface area contributed by atoms with Gasteiger partial charge in [-0.1, -0.05) is 60.2 Å². The highest BCUT2D eigenvalue weighted by molar-refractivity contribution is 14.1. The van der Waals surface area contributed by atoms with Gasteiger partial charge in [0.2, 0.25) is 14.2 Å². The van der Waals surface area contributed by atoms with Gasteiger partial charge in [-0.25, -0.2) is 13.4 Å². The Bertz CT molecular complexity index is 1280. The lowest BCUT2D eigenvalue weighted by atomic mass is 9.77. The molecule has 0 amide bonds. The van der Waals surface area contributed by atoms with Gasteiger partial charge in [0.05, 0.1) is 22.9 Å². The minimum atomic E-state index is -3.31. The number of nitrogens with zero attached hydrogens (tertiary/aromatic N) is 2. The molecule has 0 N–H and O–H groups in total. The maximum Gasteiger partial charge on any atom is 0.209 e. The van der Waals surface area contributed by atoms with E-state index in [-0.39, 0.29) is 10.9 Å². The van der Waals surface area contributed by atoms with Crippen molar-refractivity contribution in [1.82, 2.24) is 4.98 Å². The van der Waals surface area contributed by atoms with Crippen LogP contribution >= 0.6 is 45.5 Å². The second-order valence-electron chi connectivity index (χ2n) is 7.80. The molecule has 10 heteroatoms. The van der Waals surface area contributed by atoms with Crippen molar-refractivity contribution in [2.24, 2.45) is 0 Å². The van der Waals surface area contributed by atoms with Gasteiger partial charge in [0.25, 0.3) is 0 Å². The highest BCUT2D eigenvalue weighted by Crippen LogP contribution is 2.38. The first-order valence-electron chi connectivity index (χ1n) is 9.87. The molecule has 174 valence electrons. The number of alkyl halides is 1. The van der Waals surface area contributed by atoms with Crippen molar-refractivity contribution in [3.63, 3.8) is 0 Å². The molecule has 0 aliphatic rings. The van der Waals surface area contributed by atoms with E-state index in [0.29, 0.717) is 34.4 Å². The van der Waals surface area contributed by atoms with Crippen LogP contribution in [-0.4, -0.2) is 30.7 Å². The maximum atomic E-state index is 11.6. The van der Waals surface area contributed by atoms with Crippen LogP contribution in [0.3, 0.4) is 0 Å². The van der Waals surface area contributed by atoms with Gasteiger partial charge in [-0.2, -0.15) is 5.26 Å². The van der Waals surface area contributed by atoms with Gasteiger partial charge in [-0.3, -0.25) is 0 Å². The molecule has 0 unspecified atom stereocenters. The number of sulfone groups is 1. The monoisotopic (exact) mass is 616 g/mol. The normalized spacial score (nSPS) is 11.8. The second kappa shape index (κ2) is 10.6. The fraction of sp³-hybridized carbons (Fsp3) is 0.304. The average molecular weight is 617 g/mol. The molecule has 1 aromatic heterocycles.